The maximum Gasteiger partial charge on any atom is 0.260 e. The minimum absolute atomic E-state index is 0.0271. The first-order chi connectivity index (χ1) is 17.1. The predicted molar refractivity (Wildman–Crippen MR) is 132 cm³/mol. The number of nitrogen functional groups attached to an aromatic ring is 1. The van der Waals surface area contributed by atoms with Crippen LogP contribution in [0.5, 0.6) is 11.6 Å². The Balaban J connectivity index is 1.64. The summed E-state index contributed by atoms with van der Waals surface area (Å²) in [5.41, 5.74) is 6.55. The predicted octanol–water partition coefficient (Wildman–Crippen LogP) is 3.80. The van der Waals surface area contributed by atoms with E-state index in [2.05, 4.69) is 14.7 Å². The molecule has 1 aliphatic rings. The molecular formula is C25H29FN4O5S. The molecule has 0 spiro atoms. The van der Waals surface area contributed by atoms with Crippen LogP contribution in [0.4, 0.5) is 10.2 Å². The molecule has 0 unspecified atom stereocenters. The topological polar surface area (TPSA) is 137 Å². The van der Waals surface area contributed by atoms with E-state index in [1.807, 2.05) is 13.8 Å². The van der Waals surface area contributed by atoms with Crippen LogP contribution in [0.2, 0.25) is 0 Å². The lowest BCUT2D eigenvalue weighted by Crippen LogP contribution is -2.31. The average Bonchev–Trinajstić information content (AvgIpc) is 2.79. The molecule has 1 aromatic carbocycles. The molecule has 1 fully saturated rings. The van der Waals surface area contributed by atoms with E-state index in [9.17, 15) is 17.9 Å². The summed E-state index contributed by atoms with van der Waals surface area (Å²) >= 11 is 0. The van der Waals surface area contributed by atoms with Gasteiger partial charge in [-0.15, -0.1) is 0 Å². The zero-order chi connectivity index (χ0) is 25.9. The number of hydrogen-bond acceptors (Lipinski definition) is 8. The monoisotopic (exact) mass is 516 g/mol. The number of anilines is 1. The third kappa shape index (κ3) is 6.28. The van der Waals surface area contributed by atoms with Crippen LogP contribution >= 0.6 is 0 Å². The molecule has 192 valence electrons. The van der Waals surface area contributed by atoms with Crippen LogP contribution in [-0.4, -0.2) is 36.2 Å². The molecule has 0 aliphatic heterocycles. The van der Waals surface area contributed by atoms with Gasteiger partial charge in [0.1, 0.15) is 29.7 Å². The number of aliphatic hydroxyl groups is 1. The van der Waals surface area contributed by atoms with E-state index in [1.54, 1.807) is 12.1 Å². The number of benzene rings is 1. The summed E-state index contributed by atoms with van der Waals surface area (Å²) in [4.78, 5) is 8.31. The normalized spacial score (nSPS) is 14.9. The molecule has 2 heterocycles. The summed E-state index contributed by atoms with van der Waals surface area (Å²) in [6.07, 6.45) is 0.841. The van der Waals surface area contributed by atoms with E-state index in [1.165, 1.54) is 36.4 Å². The van der Waals surface area contributed by atoms with Crippen molar-refractivity contribution in [3.63, 3.8) is 0 Å². The van der Waals surface area contributed by atoms with Crippen LogP contribution in [0.15, 0.2) is 53.6 Å². The SMILES string of the molecule is CC(C)COc1cc(F)cc(-c2ccc([C@@H](O)NS(=O)(=O)c3cccc(N)n3)c(OC3CCC3)n2)c1. The van der Waals surface area contributed by atoms with Crippen molar-refractivity contribution in [3.05, 3.63) is 59.9 Å². The van der Waals surface area contributed by atoms with Crippen molar-refractivity contribution in [2.24, 2.45) is 5.92 Å². The third-order valence-corrected chi connectivity index (χ3v) is 6.86. The smallest absolute Gasteiger partial charge is 0.260 e. The third-order valence-electron chi connectivity index (χ3n) is 5.55. The number of rotatable bonds is 10. The van der Waals surface area contributed by atoms with Crippen molar-refractivity contribution < 1.29 is 27.4 Å². The number of aromatic nitrogens is 2. The first-order valence-corrected chi connectivity index (χ1v) is 13.1. The van der Waals surface area contributed by atoms with E-state index < -0.39 is 22.1 Å². The summed E-state index contributed by atoms with van der Waals surface area (Å²) < 4.78 is 53.6. The van der Waals surface area contributed by atoms with Crippen molar-refractivity contribution >= 4 is 15.8 Å². The number of nitrogens with one attached hydrogen (secondary N) is 1. The van der Waals surface area contributed by atoms with Crippen LogP contribution in [-0.2, 0) is 10.0 Å². The second kappa shape index (κ2) is 10.8. The second-order valence-corrected chi connectivity index (χ2v) is 10.7. The Morgan fingerprint density at radius 2 is 1.94 bits per heavy atom. The number of ether oxygens (including phenoxy) is 2. The first-order valence-electron chi connectivity index (χ1n) is 11.6. The zero-order valence-corrected chi connectivity index (χ0v) is 20.8. The highest BCUT2D eigenvalue weighted by Crippen LogP contribution is 2.33. The van der Waals surface area contributed by atoms with Crippen molar-refractivity contribution in [3.8, 4) is 22.9 Å². The van der Waals surface area contributed by atoms with Gasteiger partial charge in [0.15, 0.2) is 5.03 Å². The maximum atomic E-state index is 14.3. The Bertz CT molecular complexity index is 1330. The minimum Gasteiger partial charge on any atom is -0.493 e. The van der Waals surface area contributed by atoms with Gasteiger partial charge in [0.25, 0.3) is 10.0 Å². The molecule has 36 heavy (non-hydrogen) atoms. The Morgan fingerprint density at radius 3 is 2.61 bits per heavy atom. The quantitative estimate of drug-likeness (QED) is 0.346. The summed E-state index contributed by atoms with van der Waals surface area (Å²) in [6, 6.07) is 11.5. The van der Waals surface area contributed by atoms with Gasteiger partial charge in [-0.05, 0) is 61.6 Å². The largest absolute Gasteiger partial charge is 0.493 e. The van der Waals surface area contributed by atoms with Crippen LogP contribution in [0, 0.1) is 11.7 Å². The number of halogens is 1. The lowest BCUT2D eigenvalue weighted by Gasteiger charge is -2.27. The van der Waals surface area contributed by atoms with Crippen molar-refractivity contribution in [2.75, 3.05) is 12.3 Å². The zero-order valence-electron chi connectivity index (χ0n) is 20.0. The molecule has 2 aromatic heterocycles. The first kappa shape index (κ1) is 25.8. The van der Waals surface area contributed by atoms with Gasteiger partial charge in [-0.2, -0.15) is 4.72 Å². The maximum absolute atomic E-state index is 14.3. The van der Waals surface area contributed by atoms with Gasteiger partial charge < -0.3 is 20.3 Å². The lowest BCUT2D eigenvalue weighted by molar-refractivity contribution is 0.103. The standard InChI is InChI=1S/C25H29FN4O5S/c1-15(2)14-34-19-12-16(11-17(26)13-19)21-10-9-20(25(28-21)35-18-5-3-6-18)24(31)30-36(32,33)23-8-4-7-22(27)29-23/h4,7-13,15,18,24,30-31H,3,5-6,14H2,1-2H3,(H2,27,29)/t24-/m1/s1. The summed E-state index contributed by atoms with van der Waals surface area (Å²) in [5.74, 6) is 0.236. The summed E-state index contributed by atoms with van der Waals surface area (Å²) in [6.45, 7) is 4.42. The van der Waals surface area contributed by atoms with E-state index in [4.69, 9.17) is 15.2 Å². The van der Waals surface area contributed by atoms with E-state index >= 15 is 0 Å². The molecule has 9 nitrogen and oxygen atoms in total. The molecule has 0 bridgehead atoms. The molecule has 4 rings (SSSR count). The molecule has 0 amide bonds. The highest BCUT2D eigenvalue weighted by Gasteiger charge is 2.27. The molecule has 3 aromatic rings. The van der Waals surface area contributed by atoms with Crippen LogP contribution in [0.25, 0.3) is 11.3 Å². The number of sulfonamides is 1. The van der Waals surface area contributed by atoms with Gasteiger partial charge in [0, 0.05) is 11.6 Å². The fourth-order valence-corrected chi connectivity index (χ4v) is 4.49. The molecule has 4 N–H and O–H groups in total. The van der Waals surface area contributed by atoms with E-state index in [-0.39, 0.29) is 34.3 Å². The molecule has 1 saturated carbocycles. The number of nitrogens with two attached hydrogens (primary N) is 1. The van der Waals surface area contributed by atoms with Gasteiger partial charge in [0.05, 0.1) is 17.9 Å². The van der Waals surface area contributed by atoms with Gasteiger partial charge >= 0.3 is 0 Å². The number of aliphatic hydroxyl groups excluding tert-OH is 1. The van der Waals surface area contributed by atoms with Crippen molar-refractivity contribution in [2.45, 2.75) is 50.5 Å². The highest BCUT2D eigenvalue weighted by molar-refractivity contribution is 7.89. The van der Waals surface area contributed by atoms with Crippen LogP contribution in [0.1, 0.15) is 44.9 Å². The minimum atomic E-state index is -4.19. The van der Waals surface area contributed by atoms with Crippen molar-refractivity contribution in [1.82, 2.24) is 14.7 Å². The summed E-state index contributed by atoms with van der Waals surface area (Å²) in [7, 11) is -4.19. The van der Waals surface area contributed by atoms with Crippen LogP contribution < -0.4 is 19.9 Å². The Labute approximate surface area is 209 Å². The second-order valence-electron chi connectivity index (χ2n) is 9.07. The number of hydrogen-bond donors (Lipinski definition) is 3. The Morgan fingerprint density at radius 1 is 1.17 bits per heavy atom. The molecule has 11 heteroatoms. The number of nitrogens with zero attached hydrogens (tertiary/aromatic N) is 2. The van der Waals surface area contributed by atoms with E-state index in [0.29, 0.717) is 23.6 Å². The molecular weight excluding hydrogens is 487 g/mol. The van der Waals surface area contributed by atoms with Gasteiger partial charge in [-0.1, -0.05) is 19.9 Å². The van der Waals surface area contributed by atoms with Gasteiger partial charge in [-0.3, -0.25) is 0 Å². The van der Waals surface area contributed by atoms with Gasteiger partial charge in [-0.25, -0.2) is 22.8 Å². The van der Waals surface area contributed by atoms with E-state index in [0.717, 1.165) is 19.3 Å². The summed E-state index contributed by atoms with van der Waals surface area (Å²) in [5, 5.41) is 10.5. The Hall–Kier alpha value is -3.28. The lowest BCUT2D eigenvalue weighted by atomic mass is 9.96. The van der Waals surface area contributed by atoms with Gasteiger partial charge in [0.2, 0.25) is 5.88 Å². The molecule has 0 radical (unpaired) electrons. The number of pyridine rings is 2. The highest BCUT2D eigenvalue weighted by atomic mass is 32.2. The Kier molecular flexibility index (Phi) is 7.72. The van der Waals surface area contributed by atoms with Crippen LogP contribution in [0.3, 0.4) is 0 Å². The molecule has 1 aliphatic carbocycles. The van der Waals surface area contributed by atoms with Crippen molar-refractivity contribution in [1.29, 1.82) is 0 Å². The molecule has 1 atom stereocenters. The fraction of sp³-hybridized carbons (Fsp3) is 0.360. The molecule has 0 saturated heterocycles. The average molecular weight is 517 g/mol. The fourth-order valence-electron chi connectivity index (χ4n) is 3.47.